The van der Waals surface area contributed by atoms with E-state index in [1.165, 1.54) is 6.92 Å². The quantitative estimate of drug-likeness (QED) is 0.618. The van der Waals surface area contributed by atoms with Crippen LogP contribution < -0.4 is 0 Å². The fraction of sp³-hybridized carbons (Fsp3) is 0.800. The van der Waals surface area contributed by atoms with E-state index in [2.05, 4.69) is 4.74 Å². The van der Waals surface area contributed by atoms with E-state index in [0.717, 1.165) is 0 Å². The van der Waals surface area contributed by atoms with Gasteiger partial charge in [0.1, 0.15) is 6.61 Å². The molecule has 0 atom stereocenters. The predicted molar refractivity (Wildman–Crippen MR) is 27.3 cm³/mol. The van der Waals surface area contributed by atoms with Gasteiger partial charge in [-0.25, -0.2) is 0 Å². The molecule has 0 rings (SSSR count). The van der Waals surface area contributed by atoms with Crippen LogP contribution in [0.3, 0.4) is 0 Å². The average Bonchev–Trinajstić information content (AvgIpc) is 1.81. The van der Waals surface area contributed by atoms with Gasteiger partial charge in [-0.15, -0.1) is 13.2 Å². The van der Waals surface area contributed by atoms with Gasteiger partial charge < -0.3 is 0 Å². The number of carbonyl (C=O) groups excluding carboxylic acids is 1. The highest BCUT2D eigenvalue weighted by atomic mass is 19.4. The zero-order valence-corrected chi connectivity index (χ0v) is 5.36. The minimum Gasteiger partial charge on any atom is -0.297 e. The van der Waals surface area contributed by atoms with Crippen molar-refractivity contribution in [2.24, 2.45) is 0 Å². The summed E-state index contributed by atoms with van der Waals surface area (Å²) in [5, 5.41) is 0. The van der Waals surface area contributed by atoms with Gasteiger partial charge in [-0.05, 0) is 0 Å². The molecule has 0 aromatic rings. The van der Waals surface area contributed by atoms with Crippen molar-refractivity contribution in [3.63, 3.8) is 0 Å². The predicted octanol–water partition coefficient (Wildman–Crippen LogP) is 1.50. The summed E-state index contributed by atoms with van der Waals surface area (Å²) < 4.78 is 36.8. The normalized spacial score (nSPS) is 11.6. The van der Waals surface area contributed by atoms with Crippen molar-refractivity contribution >= 4 is 5.78 Å². The molecule has 10 heavy (non-hydrogen) atoms. The molecule has 0 N–H and O–H groups in total. The lowest BCUT2D eigenvalue weighted by molar-refractivity contribution is -0.320. The average molecular weight is 156 g/mol. The Bertz CT molecular complexity index is 119. The fourth-order valence-corrected chi connectivity index (χ4v) is 0.264. The number of halogens is 3. The summed E-state index contributed by atoms with van der Waals surface area (Å²) in [6.45, 7) is 0.599. The third-order valence-corrected chi connectivity index (χ3v) is 0.791. The number of hydrogen-bond acceptors (Lipinski definition) is 2. The van der Waals surface area contributed by atoms with Crippen molar-refractivity contribution in [1.82, 2.24) is 0 Å². The van der Waals surface area contributed by atoms with Gasteiger partial charge in [0, 0.05) is 6.42 Å². The second-order valence-corrected chi connectivity index (χ2v) is 1.63. The minimum atomic E-state index is -4.69. The summed E-state index contributed by atoms with van der Waals surface area (Å²) >= 11 is 0. The van der Waals surface area contributed by atoms with E-state index in [0.29, 0.717) is 0 Å². The maximum Gasteiger partial charge on any atom is 0.522 e. The molecule has 60 valence electrons. The molecule has 0 aliphatic carbocycles. The van der Waals surface area contributed by atoms with Gasteiger partial charge in [-0.3, -0.25) is 9.53 Å². The molecule has 0 aromatic carbocycles. The van der Waals surface area contributed by atoms with Crippen LogP contribution in [0.15, 0.2) is 0 Å². The molecule has 0 aliphatic heterocycles. The highest BCUT2D eigenvalue weighted by Gasteiger charge is 2.29. The molecule has 0 aromatic heterocycles. The van der Waals surface area contributed by atoms with Crippen molar-refractivity contribution in [2.75, 3.05) is 6.61 Å². The van der Waals surface area contributed by atoms with E-state index < -0.39 is 18.8 Å². The molecule has 0 bridgehead atoms. The molecule has 0 fully saturated rings. The zero-order valence-electron chi connectivity index (χ0n) is 5.36. The number of rotatable bonds is 3. The Morgan fingerprint density at radius 1 is 1.50 bits per heavy atom. The monoisotopic (exact) mass is 156 g/mol. The molecule has 0 heterocycles. The third kappa shape index (κ3) is 5.55. The summed E-state index contributed by atoms with van der Waals surface area (Å²) in [5.41, 5.74) is 0. The molecule has 2 nitrogen and oxygen atoms in total. The first-order valence-corrected chi connectivity index (χ1v) is 2.68. The van der Waals surface area contributed by atoms with Gasteiger partial charge in [0.25, 0.3) is 0 Å². The summed E-state index contributed by atoms with van der Waals surface area (Å²) in [4.78, 5) is 10.2. The van der Waals surface area contributed by atoms with Gasteiger partial charge in [0.15, 0.2) is 5.78 Å². The second kappa shape index (κ2) is 3.55. The van der Waals surface area contributed by atoms with Crippen molar-refractivity contribution in [3.05, 3.63) is 0 Å². The van der Waals surface area contributed by atoms with E-state index in [1.807, 2.05) is 0 Å². The molecule has 0 spiro atoms. The van der Waals surface area contributed by atoms with Gasteiger partial charge in [-0.1, -0.05) is 6.92 Å². The standard InChI is InChI=1S/C5H7F3O2/c1-2-4(9)3-10-5(6,7)8/h2-3H2,1H3. The van der Waals surface area contributed by atoms with Crippen LogP contribution in [0, 0.1) is 0 Å². The largest absolute Gasteiger partial charge is 0.522 e. The molecule has 0 unspecified atom stereocenters. The van der Waals surface area contributed by atoms with Crippen LogP contribution in [-0.4, -0.2) is 18.8 Å². The first-order valence-electron chi connectivity index (χ1n) is 2.68. The van der Waals surface area contributed by atoms with Crippen LogP contribution >= 0.6 is 0 Å². The Kier molecular flexibility index (Phi) is 3.35. The maximum absolute atomic E-state index is 11.2. The van der Waals surface area contributed by atoms with E-state index in [-0.39, 0.29) is 6.42 Å². The lowest BCUT2D eigenvalue weighted by Crippen LogP contribution is -2.18. The number of carbonyl (C=O) groups is 1. The van der Waals surface area contributed by atoms with Crippen molar-refractivity contribution < 1.29 is 22.7 Å². The molecule has 0 saturated carbocycles. The Morgan fingerprint density at radius 2 is 2.00 bits per heavy atom. The number of ketones is 1. The van der Waals surface area contributed by atoms with E-state index in [4.69, 9.17) is 0 Å². The minimum absolute atomic E-state index is 0.0656. The second-order valence-electron chi connectivity index (χ2n) is 1.63. The molecule has 0 amide bonds. The highest BCUT2D eigenvalue weighted by Crippen LogP contribution is 2.15. The summed E-state index contributed by atoms with van der Waals surface area (Å²) in [7, 11) is 0. The van der Waals surface area contributed by atoms with E-state index in [9.17, 15) is 18.0 Å². The lowest BCUT2D eigenvalue weighted by Gasteiger charge is -2.04. The van der Waals surface area contributed by atoms with Crippen LogP contribution in [0.5, 0.6) is 0 Å². The van der Waals surface area contributed by atoms with Crippen LogP contribution in [0.2, 0.25) is 0 Å². The number of ether oxygens (including phenoxy) is 1. The smallest absolute Gasteiger partial charge is 0.297 e. The number of alkyl halides is 3. The van der Waals surface area contributed by atoms with Crippen molar-refractivity contribution in [2.45, 2.75) is 19.7 Å². The Balaban J connectivity index is 3.46. The van der Waals surface area contributed by atoms with Gasteiger partial charge in [0.2, 0.25) is 0 Å². The molecule has 5 heteroatoms. The Morgan fingerprint density at radius 3 is 2.30 bits per heavy atom. The molecule has 0 saturated heterocycles. The van der Waals surface area contributed by atoms with Crippen LogP contribution in [0.4, 0.5) is 13.2 Å². The molecule has 0 radical (unpaired) electrons. The highest BCUT2D eigenvalue weighted by molar-refractivity contribution is 5.79. The topological polar surface area (TPSA) is 26.3 Å². The van der Waals surface area contributed by atoms with Crippen LogP contribution in [0.25, 0.3) is 0 Å². The zero-order chi connectivity index (χ0) is 8.20. The van der Waals surface area contributed by atoms with Crippen molar-refractivity contribution in [1.29, 1.82) is 0 Å². The van der Waals surface area contributed by atoms with Gasteiger partial charge in [0.05, 0.1) is 0 Å². The van der Waals surface area contributed by atoms with Crippen molar-refractivity contribution in [3.8, 4) is 0 Å². The van der Waals surface area contributed by atoms with E-state index in [1.54, 1.807) is 0 Å². The molecular formula is C5H7F3O2. The first-order chi connectivity index (χ1) is 4.45. The van der Waals surface area contributed by atoms with E-state index >= 15 is 0 Å². The summed E-state index contributed by atoms with van der Waals surface area (Å²) in [6, 6.07) is 0. The number of Topliss-reactive ketones (excluding diaryl/α,β-unsaturated/α-hetero) is 1. The fourth-order valence-electron chi connectivity index (χ4n) is 0.264. The summed E-state index contributed by atoms with van der Waals surface area (Å²) in [6.07, 6.45) is -4.62. The lowest BCUT2D eigenvalue weighted by atomic mass is 10.3. The van der Waals surface area contributed by atoms with Crippen LogP contribution in [0.1, 0.15) is 13.3 Å². The van der Waals surface area contributed by atoms with Crippen LogP contribution in [-0.2, 0) is 9.53 Å². The third-order valence-electron chi connectivity index (χ3n) is 0.791. The first kappa shape index (κ1) is 9.42. The molecular weight excluding hydrogens is 149 g/mol. The maximum atomic E-state index is 11.2. The SMILES string of the molecule is CCC(=O)COC(F)(F)F. The molecule has 0 aliphatic rings. The number of hydrogen-bond donors (Lipinski definition) is 0. The van der Waals surface area contributed by atoms with Gasteiger partial charge in [-0.2, -0.15) is 0 Å². The van der Waals surface area contributed by atoms with Gasteiger partial charge >= 0.3 is 6.36 Å². The Labute approximate surface area is 56.0 Å². The summed E-state index contributed by atoms with van der Waals surface area (Å²) in [5.74, 6) is -0.558. The Hall–Kier alpha value is -0.580.